The standard InChI is InChI=1S/C21H32N2O2/c1-14(2)22-19(24)15-6-8-16(9-7-15)20(25)23-18-12-10-17(11-13-18)21(3,4)5/h10-16H,6-9H2,1-5H3,(H,22,24)(H,23,25). The first-order valence-electron chi connectivity index (χ1n) is 9.38. The number of carbonyl (C=O) groups is 2. The van der Waals surface area contributed by atoms with E-state index in [9.17, 15) is 9.59 Å². The summed E-state index contributed by atoms with van der Waals surface area (Å²) in [4.78, 5) is 24.6. The zero-order valence-corrected chi connectivity index (χ0v) is 16.2. The average Bonchev–Trinajstić information content (AvgIpc) is 2.54. The van der Waals surface area contributed by atoms with Gasteiger partial charge in [0, 0.05) is 23.6 Å². The summed E-state index contributed by atoms with van der Waals surface area (Å²) in [7, 11) is 0. The fourth-order valence-electron chi connectivity index (χ4n) is 3.32. The van der Waals surface area contributed by atoms with Crippen LogP contribution in [0.25, 0.3) is 0 Å². The minimum Gasteiger partial charge on any atom is -0.354 e. The van der Waals surface area contributed by atoms with Crippen LogP contribution in [0.1, 0.15) is 65.9 Å². The smallest absolute Gasteiger partial charge is 0.227 e. The molecule has 1 saturated carbocycles. The monoisotopic (exact) mass is 344 g/mol. The van der Waals surface area contributed by atoms with Crippen molar-refractivity contribution in [1.29, 1.82) is 0 Å². The number of anilines is 1. The third-order valence-electron chi connectivity index (χ3n) is 4.92. The zero-order chi connectivity index (χ0) is 18.6. The van der Waals surface area contributed by atoms with Gasteiger partial charge in [0.05, 0.1) is 0 Å². The van der Waals surface area contributed by atoms with Gasteiger partial charge in [-0.15, -0.1) is 0 Å². The Bertz CT molecular complexity index is 591. The van der Waals surface area contributed by atoms with E-state index >= 15 is 0 Å². The number of hydrogen-bond acceptors (Lipinski definition) is 2. The first kappa shape index (κ1) is 19.5. The molecule has 0 bridgehead atoms. The lowest BCUT2D eigenvalue weighted by molar-refractivity contribution is -0.128. The lowest BCUT2D eigenvalue weighted by Gasteiger charge is -2.27. The van der Waals surface area contributed by atoms with Crippen molar-refractivity contribution in [3.05, 3.63) is 29.8 Å². The van der Waals surface area contributed by atoms with Crippen LogP contribution in [0.3, 0.4) is 0 Å². The minimum absolute atomic E-state index is 0.00499. The van der Waals surface area contributed by atoms with Crippen LogP contribution in [0.4, 0.5) is 5.69 Å². The Labute approximate surface area is 151 Å². The molecule has 0 radical (unpaired) electrons. The fourth-order valence-corrected chi connectivity index (χ4v) is 3.32. The Kier molecular flexibility index (Phi) is 6.26. The maximum absolute atomic E-state index is 12.5. The van der Waals surface area contributed by atoms with Crippen LogP contribution in [0.2, 0.25) is 0 Å². The lowest BCUT2D eigenvalue weighted by atomic mass is 9.81. The summed E-state index contributed by atoms with van der Waals surface area (Å²) in [6, 6.07) is 8.26. The molecule has 1 aliphatic rings. The number of benzene rings is 1. The Hall–Kier alpha value is -1.84. The van der Waals surface area contributed by atoms with Gasteiger partial charge in [-0.05, 0) is 62.6 Å². The molecule has 1 aromatic carbocycles. The SMILES string of the molecule is CC(C)NC(=O)C1CCC(C(=O)Nc2ccc(C(C)(C)C)cc2)CC1. The molecule has 1 aliphatic carbocycles. The molecule has 0 aromatic heterocycles. The van der Waals surface area contributed by atoms with E-state index in [-0.39, 0.29) is 35.1 Å². The van der Waals surface area contributed by atoms with E-state index in [1.54, 1.807) is 0 Å². The molecule has 2 amide bonds. The van der Waals surface area contributed by atoms with Gasteiger partial charge in [-0.25, -0.2) is 0 Å². The van der Waals surface area contributed by atoms with E-state index < -0.39 is 0 Å². The largest absolute Gasteiger partial charge is 0.354 e. The second-order valence-corrected chi connectivity index (χ2v) is 8.53. The van der Waals surface area contributed by atoms with Gasteiger partial charge >= 0.3 is 0 Å². The van der Waals surface area contributed by atoms with Gasteiger partial charge in [0.15, 0.2) is 0 Å². The molecule has 0 unspecified atom stereocenters. The van der Waals surface area contributed by atoms with Crippen molar-refractivity contribution in [1.82, 2.24) is 5.32 Å². The second-order valence-electron chi connectivity index (χ2n) is 8.53. The van der Waals surface area contributed by atoms with Crippen molar-refractivity contribution in [2.45, 2.75) is 71.8 Å². The molecule has 1 aromatic rings. The highest BCUT2D eigenvalue weighted by Crippen LogP contribution is 2.30. The van der Waals surface area contributed by atoms with E-state index in [0.717, 1.165) is 31.4 Å². The van der Waals surface area contributed by atoms with E-state index in [0.29, 0.717) is 0 Å². The summed E-state index contributed by atoms with van der Waals surface area (Å²) < 4.78 is 0. The van der Waals surface area contributed by atoms with Crippen LogP contribution in [0.15, 0.2) is 24.3 Å². The van der Waals surface area contributed by atoms with Crippen molar-refractivity contribution in [3.8, 4) is 0 Å². The van der Waals surface area contributed by atoms with E-state index in [1.807, 2.05) is 26.0 Å². The summed E-state index contributed by atoms with van der Waals surface area (Å²) in [5.74, 6) is 0.265. The molecule has 0 atom stereocenters. The molecule has 1 fully saturated rings. The summed E-state index contributed by atoms with van der Waals surface area (Å²) in [5, 5.41) is 6.00. The first-order valence-corrected chi connectivity index (χ1v) is 9.38. The zero-order valence-electron chi connectivity index (χ0n) is 16.2. The number of hydrogen-bond donors (Lipinski definition) is 2. The van der Waals surface area contributed by atoms with E-state index in [4.69, 9.17) is 0 Å². The van der Waals surface area contributed by atoms with Crippen LogP contribution >= 0.6 is 0 Å². The van der Waals surface area contributed by atoms with E-state index in [2.05, 4.69) is 43.5 Å². The highest BCUT2D eigenvalue weighted by Gasteiger charge is 2.30. The highest BCUT2D eigenvalue weighted by molar-refractivity contribution is 5.92. The molecule has 0 saturated heterocycles. The average molecular weight is 344 g/mol. The van der Waals surface area contributed by atoms with Crippen LogP contribution < -0.4 is 10.6 Å². The van der Waals surface area contributed by atoms with Gasteiger partial charge in [0.2, 0.25) is 11.8 Å². The predicted molar refractivity (Wildman–Crippen MR) is 102 cm³/mol. The Balaban J connectivity index is 1.85. The second kappa shape index (κ2) is 8.03. The Morgan fingerprint density at radius 1 is 0.920 bits per heavy atom. The maximum atomic E-state index is 12.5. The molecule has 2 rings (SSSR count). The maximum Gasteiger partial charge on any atom is 0.227 e. The summed E-state index contributed by atoms with van der Waals surface area (Å²) in [5.41, 5.74) is 2.21. The molecule has 4 nitrogen and oxygen atoms in total. The minimum atomic E-state index is 0.00499. The van der Waals surface area contributed by atoms with Crippen molar-refractivity contribution in [2.24, 2.45) is 11.8 Å². The van der Waals surface area contributed by atoms with Crippen LogP contribution in [0, 0.1) is 11.8 Å². The van der Waals surface area contributed by atoms with Gasteiger partial charge in [-0.3, -0.25) is 9.59 Å². The number of rotatable bonds is 4. The molecule has 0 aliphatic heterocycles. The third-order valence-corrected chi connectivity index (χ3v) is 4.92. The third kappa shape index (κ3) is 5.58. The predicted octanol–water partition coefficient (Wildman–Crippen LogP) is 4.25. The topological polar surface area (TPSA) is 58.2 Å². The summed E-state index contributed by atoms with van der Waals surface area (Å²) in [6.45, 7) is 10.5. The molecule has 4 heteroatoms. The van der Waals surface area contributed by atoms with Crippen LogP contribution in [0.5, 0.6) is 0 Å². The van der Waals surface area contributed by atoms with Crippen molar-refractivity contribution in [2.75, 3.05) is 5.32 Å². The number of amides is 2. The molecule has 138 valence electrons. The summed E-state index contributed by atoms with van der Waals surface area (Å²) in [6.07, 6.45) is 3.14. The van der Waals surface area contributed by atoms with Crippen molar-refractivity contribution in [3.63, 3.8) is 0 Å². The molecule has 25 heavy (non-hydrogen) atoms. The Morgan fingerprint density at radius 3 is 1.84 bits per heavy atom. The quantitative estimate of drug-likeness (QED) is 0.857. The fraction of sp³-hybridized carbons (Fsp3) is 0.619. The van der Waals surface area contributed by atoms with Gasteiger partial charge < -0.3 is 10.6 Å². The first-order chi connectivity index (χ1) is 11.7. The summed E-state index contributed by atoms with van der Waals surface area (Å²) >= 11 is 0. The van der Waals surface area contributed by atoms with Crippen molar-refractivity contribution < 1.29 is 9.59 Å². The van der Waals surface area contributed by atoms with Gasteiger partial charge in [-0.2, -0.15) is 0 Å². The molecule has 0 spiro atoms. The molecular weight excluding hydrogens is 312 g/mol. The van der Waals surface area contributed by atoms with Gasteiger partial charge in [-0.1, -0.05) is 32.9 Å². The van der Waals surface area contributed by atoms with Crippen LogP contribution in [-0.4, -0.2) is 17.9 Å². The molecule has 2 N–H and O–H groups in total. The van der Waals surface area contributed by atoms with Gasteiger partial charge in [0.1, 0.15) is 0 Å². The lowest BCUT2D eigenvalue weighted by Crippen LogP contribution is -2.38. The normalized spacial score (nSPS) is 21.0. The van der Waals surface area contributed by atoms with E-state index in [1.165, 1.54) is 5.56 Å². The number of carbonyl (C=O) groups excluding carboxylic acids is 2. The van der Waals surface area contributed by atoms with Crippen LogP contribution in [-0.2, 0) is 15.0 Å². The van der Waals surface area contributed by atoms with Crippen molar-refractivity contribution >= 4 is 17.5 Å². The molecule has 0 heterocycles. The number of nitrogens with one attached hydrogen (secondary N) is 2. The highest BCUT2D eigenvalue weighted by atomic mass is 16.2. The van der Waals surface area contributed by atoms with Gasteiger partial charge in [0.25, 0.3) is 0 Å². The Morgan fingerprint density at radius 2 is 1.40 bits per heavy atom. The molecular formula is C21H32N2O2.